The van der Waals surface area contributed by atoms with Gasteiger partial charge in [0, 0.05) is 42.5 Å². The molecule has 0 radical (unpaired) electrons. The van der Waals surface area contributed by atoms with E-state index in [9.17, 15) is 23.5 Å². The maximum absolute atomic E-state index is 14.3. The first-order valence-electron chi connectivity index (χ1n) is 13.1. The van der Waals surface area contributed by atoms with E-state index in [2.05, 4.69) is 20.6 Å². The third-order valence-corrected chi connectivity index (χ3v) is 8.91. The van der Waals surface area contributed by atoms with Crippen LogP contribution >= 0.6 is 11.3 Å². The van der Waals surface area contributed by atoms with Gasteiger partial charge in [0.2, 0.25) is 0 Å². The van der Waals surface area contributed by atoms with Gasteiger partial charge in [-0.05, 0) is 57.9 Å². The largest absolute Gasteiger partial charge is 0.388 e. The minimum Gasteiger partial charge on any atom is -0.388 e. The minimum atomic E-state index is -2.80. The second kappa shape index (κ2) is 10.6. The molecule has 200 valence electrons. The number of thiazole rings is 1. The van der Waals surface area contributed by atoms with E-state index in [0.29, 0.717) is 25.2 Å². The number of pyridine rings is 1. The van der Waals surface area contributed by atoms with E-state index < -0.39 is 17.9 Å². The molecule has 0 spiro atoms. The van der Waals surface area contributed by atoms with Crippen LogP contribution in [0.1, 0.15) is 97.0 Å². The Kier molecular flexibility index (Phi) is 7.44. The summed E-state index contributed by atoms with van der Waals surface area (Å²) in [5, 5.41) is 16.3. The van der Waals surface area contributed by atoms with Gasteiger partial charge in [0.1, 0.15) is 11.5 Å². The van der Waals surface area contributed by atoms with Gasteiger partial charge in [-0.2, -0.15) is 0 Å². The zero-order valence-electron chi connectivity index (χ0n) is 20.9. The number of nitrogens with one attached hydrogen (secondary N) is 2. The summed E-state index contributed by atoms with van der Waals surface area (Å²) < 4.78 is 28.6. The molecule has 0 aromatic carbocycles. The molecule has 2 amide bonds. The zero-order valence-corrected chi connectivity index (χ0v) is 21.8. The normalized spacial score (nSPS) is 21.3. The predicted octanol–water partition coefficient (Wildman–Crippen LogP) is 4.77. The van der Waals surface area contributed by atoms with Crippen molar-refractivity contribution in [2.75, 3.05) is 18.4 Å². The fraction of sp³-hybridized carbons (Fsp3) is 0.615. The van der Waals surface area contributed by atoms with Gasteiger partial charge in [0.05, 0.1) is 10.5 Å². The number of hydrogen-bond donors (Lipinski definition) is 3. The Hall–Kier alpha value is -2.66. The smallest absolute Gasteiger partial charge is 0.280 e. The molecule has 1 saturated heterocycles. The first-order valence-corrected chi connectivity index (χ1v) is 13.9. The predicted molar refractivity (Wildman–Crippen MR) is 137 cm³/mol. The second-order valence-corrected chi connectivity index (χ2v) is 11.5. The van der Waals surface area contributed by atoms with Crippen LogP contribution in [0, 0.1) is 0 Å². The van der Waals surface area contributed by atoms with Crippen molar-refractivity contribution in [1.82, 2.24) is 20.2 Å². The van der Waals surface area contributed by atoms with E-state index >= 15 is 0 Å². The summed E-state index contributed by atoms with van der Waals surface area (Å²) in [5.74, 6) is -0.532. The first kappa shape index (κ1) is 26.0. The maximum Gasteiger partial charge on any atom is 0.280 e. The van der Waals surface area contributed by atoms with Crippen molar-refractivity contribution in [2.45, 2.75) is 88.8 Å². The summed E-state index contributed by atoms with van der Waals surface area (Å²) in [7, 11) is 0. The summed E-state index contributed by atoms with van der Waals surface area (Å²) in [6, 6.07) is 1.55. The van der Waals surface area contributed by atoms with E-state index in [4.69, 9.17) is 0 Å². The average molecular weight is 534 g/mol. The van der Waals surface area contributed by atoms with Crippen molar-refractivity contribution in [3.63, 3.8) is 0 Å². The lowest BCUT2D eigenvalue weighted by molar-refractivity contribution is -0.0300. The van der Waals surface area contributed by atoms with Crippen molar-refractivity contribution >= 4 is 29.0 Å². The second-order valence-electron chi connectivity index (χ2n) is 10.5. The third-order valence-electron chi connectivity index (χ3n) is 7.82. The van der Waals surface area contributed by atoms with Crippen LogP contribution in [0.5, 0.6) is 0 Å². The number of hydrogen-bond acceptors (Lipinski definition) is 7. The van der Waals surface area contributed by atoms with Gasteiger partial charge in [0.15, 0.2) is 5.01 Å². The minimum absolute atomic E-state index is 0.00139. The SMILES string of the molecule is C[C@H]1CCCN1C(=O)c1nc(C(=O)NCC2(O)CCC2)sc1-c1cnc(NC2CCCC2)cc1C(F)F. The summed E-state index contributed by atoms with van der Waals surface area (Å²) in [6.45, 7) is 2.58. The molecule has 2 aromatic rings. The number of aromatic nitrogens is 2. The van der Waals surface area contributed by atoms with E-state index in [1.165, 1.54) is 12.3 Å². The number of anilines is 1. The number of alkyl halides is 2. The van der Waals surface area contributed by atoms with Gasteiger partial charge < -0.3 is 20.6 Å². The molecular weight excluding hydrogens is 500 g/mol. The quantitative estimate of drug-likeness (QED) is 0.451. The zero-order chi connectivity index (χ0) is 26.2. The van der Waals surface area contributed by atoms with Gasteiger partial charge >= 0.3 is 0 Å². The Labute approximate surface area is 218 Å². The lowest BCUT2D eigenvalue weighted by atomic mass is 9.80. The van der Waals surface area contributed by atoms with Crippen LogP contribution in [-0.4, -0.2) is 62.6 Å². The molecular formula is C26H33F2N5O3S. The topological polar surface area (TPSA) is 107 Å². The van der Waals surface area contributed by atoms with E-state index in [1.54, 1.807) is 4.90 Å². The van der Waals surface area contributed by atoms with Crippen molar-refractivity contribution in [3.8, 4) is 10.4 Å². The van der Waals surface area contributed by atoms with Gasteiger partial charge in [-0.3, -0.25) is 9.59 Å². The average Bonchev–Trinajstić information content (AvgIpc) is 3.62. The highest BCUT2D eigenvalue weighted by atomic mass is 32.1. The molecule has 11 heteroatoms. The fourth-order valence-electron chi connectivity index (χ4n) is 5.40. The van der Waals surface area contributed by atoms with Crippen LogP contribution in [-0.2, 0) is 0 Å². The molecule has 3 fully saturated rings. The van der Waals surface area contributed by atoms with Crippen LogP contribution < -0.4 is 10.6 Å². The number of nitrogens with zero attached hydrogens (tertiary/aromatic N) is 3. The molecule has 2 aromatic heterocycles. The first-order chi connectivity index (χ1) is 17.7. The number of likely N-dealkylation sites (tertiary alicyclic amines) is 1. The standard InChI is InChI=1S/C26H33F2N5O3S/c1-15-6-4-11-33(15)25(35)20-21(37-24(32-20)23(34)30-14-26(36)9-5-10-26)18-13-29-19(12-17(18)22(27)28)31-16-7-2-3-8-16/h12-13,15-16,22,36H,2-11,14H2,1H3,(H,29,31)(H,30,34)/t15-/m0/s1. The van der Waals surface area contributed by atoms with Crippen molar-refractivity contribution in [1.29, 1.82) is 0 Å². The number of carbonyl (C=O) groups excluding carboxylic acids is 2. The highest BCUT2D eigenvalue weighted by Gasteiger charge is 2.36. The van der Waals surface area contributed by atoms with Gasteiger partial charge in [0.25, 0.3) is 18.2 Å². The van der Waals surface area contributed by atoms with Crippen LogP contribution in [0.4, 0.5) is 14.6 Å². The lowest BCUT2D eigenvalue weighted by Gasteiger charge is -2.36. The lowest BCUT2D eigenvalue weighted by Crippen LogP contribution is -2.47. The molecule has 0 unspecified atom stereocenters. The van der Waals surface area contributed by atoms with Crippen LogP contribution in [0.3, 0.4) is 0 Å². The number of aliphatic hydroxyl groups is 1. The van der Waals surface area contributed by atoms with Crippen molar-refractivity contribution < 1.29 is 23.5 Å². The molecule has 2 saturated carbocycles. The van der Waals surface area contributed by atoms with E-state index in [0.717, 1.165) is 56.3 Å². The Morgan fingerprint density at radius 2 is 1.97 bits per heavy atom. The summed E-state index contributed by atoms with van der Waals surface area (Å²) in [6.07, 6.45) is 6.52. The molecule has 37 heavy (non-hydrogen) atoms. The monoisotopic (exact) mass is 533 g/mol. The van der Waals surface area contributed by atoms with Gasteiger partial charge in [-0.15, -0.1) is 11.3 Å². The maximum atomic E-state index is 14.3. The molecule has 3 N–H and O–H groups in total. The molecule has 2 aliphatic carbocycles. The Bertz CT molecular complexity index is 1160. The third kappa shape index (κ3) is 5.47. The summed E-state index contributed by atoms with van der Waals surface area (Å²) in [4.78, 5) is 37.1. The molecule has 3 heterocycles. The molecule has 5 rings (SSSR count). The Morgan fingerprint density at radius 1 is 1.22 bits per heavy atom. The number of rotatable bonds is 8. The molecule has 0 bridgehead atoms. The highest BCUT2D eigenvalue weighted by molar-refractivity contribution is 7.17. The molecule has 3 aliphatic rings. The van der Waals surface area contributed by atoms with Crippen LogP contribution in [0.2, 0.25) is 0 Å². The number of amides is 2. The summed E-state index contributed by atoms with van der Waals surface area (Å²) in [5.41, 5.74) is -1.07. The molecule has 8 nitrogen and oxygen atoms in total. The van der Waals surface area contributed by atoms with Crippen molar-refractivity contribution in [2.24, 2.45) is 0 Å². The van der Waals surface area contributed by atoms with Gasteiger partial charge in [-0.1, -0.05) is 12.8 Å². The molecule has 1 atom stereocenters. The highest BCUT2D eigenvalue weighted by Crippen LogP contribution is 2.39. The van der Waals surface area contributed by atoms with Crippen LogP contribution in [0.15, 0.2) is 12.3 Å². The van der Waals surface area contributed by atoms with E-state index in [-0.39, 0.29) is 51.2 Å². The fourth-order valence-corrected chi connectivity index (χ4v) is 6.40. The van der Waals surface area contributed by atoms with Crippen LogP contribution in [0.25, 0.3) is 10.4 Å². The number of halogens is 2. The Balaban J connectivity index is 1.49. The van der Waals surface area contributed by atoms with Crippen molar-refractivity contribution in [3.05, 3.63) is 28.5 Å². The summed E-state index contributed by atoms with van der Waals surface area (Å²) >= 11 is 0.910. The molecule has 1 aliphatic heterocycles. The van der Waals surface area contributed by atoms with Gasteiger partial charge in [-0.25, -0.2) is 18.7 Å². The number of carbonyl (C=O) groups is 2. The van der Waals surface area contributed by atoms with E-state index in [1.807, 2.05) is 6.92 Å². The Morgan fingerprint density at radius 3 is 2.59 bits per heavy atom.